The second-order valence-corrected chi connectivity index (χ2v) is 6.14. The van der Waals surface area contributed by atoms with E-state index in [9.17, 15) is 4.79 Å². The molecule has 0 aliphatic rings. The fourth-order valence-electron chi connectivity index (χ4n) is 2.43. The Labute approximate surface area is 166 Å². The summed E-state index contributed by atoms with van der Waals surface area (Å²) in [7, 11) is 3.06. The third-order valence-corrected chi connectivity index (χ3v) is 4.14. The molecule has 0 saturated carbocycles. The van der Waals surface area contributed by atoms with Gasteiger partial charge in [-0.1, -0.05) is 11.6 Å². The van der Waals surface area contributed by atoms with E-state index in [1.165, 1.54) is 27.3 Å². The third kappa shape index (κ3) is 4.47. The van der Waals surface area contributed by atoms with Crippen molar-refractivity contribution in [2.24, 2.45) is 0 Å². The topological polar surface area (TPSA) is 98.3 Å². The summed E-state index contributed by atoms with van der Waals surface area (Å²) in [6, 6.07) is 10.4. The summed E-state index contributed by atoms with van der Waals surface area (Å²) >= 11 is 6.12. The van der Waals surface area contributed by atoms with Crippen molar-refractivity contribution in [1.82, 2.24) is 15.2 Å². The van der Waals surface area contributed by atoms with Crippen LogP contribution in [0.1, 0.15) is 17.3 Å². The molecular weight excluding hydrogens is 382 g/mol. The van der Waals surface area contributed by atoms with Crippen LogP contribution in [0.4, 0.5) is 23.1 Å². The van der Waals surface area contributed by atoms with E-state index in [4.69, 9.17) is 21.1 Å². The molecule has 0 spiro atoms. The fraction of sp³-hybridized carbons (Fsp3) is 0.158. The Bertz CT molecular complexity index is 995. The Balaban J connectivity index is 1.81. The van der Waals surface area contributed by atoms with Gasteiger partial charge < -0.3 is 20.1 Å². The van der Waals surface area contributed by atoms with Crippen LogP contribution in [-0.4, -0.2) is 35.2 Å². The molecule has 1 heterocycles. The number of hydrogen-bond acceptors (Lipinski definition) is 8. The van der Waals surface area contributed by atoms with Gasteiger partial charge >= 0.3 is 0 Å². The van der Waals surface area contributed by atoms with Gasteiger partial charge in [-0.2, -0.15) is 10.1 Å². The van der Waals surface area contributed by atoms with Gasteiger partial charge in [0.15, 0.2) is 11.6 Å². The van der Waals surface area contributed by atoms with E-state index >= 15 is 0 Å². The molecule has 2 aromatic carbocycles. The summed E-state index contributed by atoms with van der Waals surface area (Å²) in [6.07, 6.45) is 1.49. The molecule has 0 radical (unpaired) electrons. The number of rotatable bonds is 7. The number of benzene rings is 2. The predicted molar refractivity (Wildman–Crippen MR) is 107 cm³/mol. The van der Waals surface area contributed by atoms with Crippen LogP contribution >= 0.6 is 11.6 Å². The van der Waals surface area contributed by atoms with Gasteiger partial charge in [-0.15, -0.1) is 5.10 Å². The molecule has 0 atom stereocenters. The van der Waals surface area contributed by atoms with Crippen molar-refractivity contribution in [1.29, 1.82) is 0 Å². The molecule has 8 nitrogen and oxygen atoms in total. The predicted octanol–water partition coefficient (Wildman–Crippen LogP) is 4.23. The lowest BCUT2D eigenvalue weighted by atomic mass is 10.1. The molecular formula is C19H18ClN5O3. The standard InChI is InChI=1S/C19H18ClN5O3/c1-11(26)12-4-6-13(7-5-12)22-18-10-21-25-19(24-18)23-15-9-16(27-2)14(20)8-17(15)28-3/h4-10H,1-3H3,(H2,22,23,24,25). The zero-order valence-electron chi connectivity index (χ0n) is 15.5. The Morgan fingerprint density at radius 1 is 1.04 bits per heavy atom. The Kier molecular flexibility index (Phi) is 5.90. The summed E-state index contributed by atoms with van der Waals surface area (Å²) in [5, 5.41) is 14.5. The van der Waals surface area contributed by atoms with Gasteiger partial charge in [0.25, 0.3) is 0 Å². The molecule has 0 saturated heterocycles. The highest BCUT2D eigenvalue weighted by Crippen LogP contribution is 2.36. The number of ketones is 1. The minimum Gasteiger partial charge on any atom is -0.495 e. The van der Waals surface area contributed by atoms with Crippen LogP contribution in [-0.2, 0) is 0 Å². The van der Waals surface area contributed by atoms with E-state index in [-0.39, 0.29) is 11.7 Å². The molecule has 0 bridgehead atoms. The first-order valence-electron chi connectivity index (χ1n) is 8.26. The van der Waals surface area contributed by atoms with Crippen LogP contribution in [0.3, 0.4) is 0 Å². The third-order valence-electron chi connectivity index (χ3n) is 3.84. The molecule has 9 heteroatoms. The highest BCUT2D eigenvalue weighted by molar-refractivity contribution is 6.32. The molecule has 2 N–H and O–H groups in total. The van der Waals surface area contributed by atoms with Gasteiger partial charge in [-0.05, 0) is 31.2 Å². The van der Waals surface area contributed by atoms with Crippen molar-refractivity contribution in [2.75, 3.05) is 24.9 Å². The number of aromatic nitrogens is 3. The lowest BCUT2D eigenvalue weighted by molar-refractivity contribution is 0.101. The Morgan fingerprint density at radius 2 is 1.75 bits per heavy atom. The van der Waals surface area contributed by atoms with Crippen LogP contribution in [0.2, 0.25) is 5.02 Å². The largest absolute Gasteiger partial charge is 0.495 e. The van der Waals surface area contributed by atoms with E-state index in [1.807, 2.05) is 0 Å². The molecule has 3 aromatic rings. The second-order valence-electron chi connectivity index (χ2n) is 5.74. The number of nitrogens with one attached hydrogen (secondary N) is 2. The van der Waals surface area contributed by atoms with Crippen molar-refractivity contribution in [2.45, 2.75) is 6.92 Å². The molecule has 0 aliphatic heterocycles. The molecule has 3 rings (SSSR count). The number of hydrogen-bond donors (Lipinski definition) is 2. The Hall–Kier alpha value is -3.39. The number of halogens is 1. The van der Waals surface area contributed by atoms with Crippen LogP contribution in [0.5, 0.6) is 11.5 Å². The minimum atomic E-state index is 0.00841. The summed E-state index contributed by atoms with van der Waals surface area (Å²) in [5.41, 5.74) is 1.98. The highest BCUT2D eigenvalue weighted by Gasteiger charge is 2.12. The maximum Gasteiger partial charge on any atom is 0.249 e. The summed E-state index contributed by atoms with van der Waals surface area (Å²) in [6.45, 7) is 1.52. The maximum atomic E-state index is 11.4. The molecule has 0 amide bonds. The molecule has 0 aliphatic carbocycles. The van der Waals surface area contributed by atoms with Crippen molar-refractivity contribution in [3.63, 3.8) is 0 Å². The zero-order valence-corrected chi connectivity index (χ0v) is 16.2. The normalized spacial score (nSPS) is 10.3. The van der Waals surface area contributed by atoms with Crippen molar-refractivity contribution >= 4 is 40.5 Å². The summed E-state index contributed by atoms with van der Waals surface area (Å²) in [5.74, 6) is 1.74. The van der Waals surface area contributed by atoms with Crippen molar-refractivity contribution in [3.8, 4) is 11.5 Å². The second kappa shape index (κ2) is 8.53. The van der Waals surface area contributed by atoms with Crippen LogP contribution in [0, 0.1) is 0 Å². The lowest BCUT2D eigenvalue weighted by Crippen LogP contribution is -2.04. The first-order chi connectivity index (χ1) is 13.5. The van der Waals surface area contributed by atoms with E-state index in [0.29, 0.717) is 33.6 Å². The number of Topliss-reactive ketones (excluding diaryl/α,β-unsaturated/α-hetero) is 1. The van der Waals surface area contributed by atoms with Crippen molar-refractivity contribution in [3.05, 3.63) is 53.2 Å². The van der Waals surface area contributed by atoms with E-state index in [2.05, 4.69) is 25.8 Å². The minimum absolute atomic E-state index is 0.00841. The number of carbonyl (C=O) groups excluding carboxylic acids is 1. The number of nitrogens with zero attached hydrogens (tertiary/aromatic N) is 3. The van der Waals surface area contributed by atoms with E-state index in [0.717, 1.165) is 5.69 Å². The van der Waals surface area contributed by atoms with Crippen LogP contribution < -0.4 is 20.1 Å². The van der Waals surface area contributed by atoms with Gasteiger partial charge in [0, 0.05) is 23.4 Å². The number of anilines is 4. The Morgan fingerprint density at radius 3 is 2.39 bits per heavy atom. The summed E-state index contributed by atoms with van der Waals surface area (Å²) < 4.78 is 10.6. The average molecular weight is 400 g/mol. The van der Waals surface area contributed by atoms with Gasteiger partial charge in [0.1, 0.15) is 11.5 Å². The van der Waals surface area contributed by atoms with Gasteiger partial charge in [-0.25, -0.2) is 0 Å². The zero-order chi connectivity index (χ0) is 20.1. The maximum absolute atomic E-state index is 11.4. The van der Waals surface area contributed by atoms with Crippen LogP contribution in [0.25, 0.3) is 0 Å². The van der Waals surface area contributed by atoms with Gasteiger partial charge in [0.2, 0.25) is 5.95 Å². The monoisotopic (exact) mass is 399 g/mol. The van der Waals surface area contributed by atoms with Gasteiger partial charge in [0.05, 0.1) is 31.1 Å². The average Bonchev–Trinajstić information content (AvgIpc) is 2.69. The quantitative estimate of drug-likeness (QED) is 0.569. The lowest BCUT2D eigenvalue weighted by Gasteiger charge is -2.13. The molecule has 144 valence electrons. The SMILES string of the molecule is COc1cc(Nc2nncc(Nc3ccc(C(C)=O)cc3)n2)c(OC)cc1Cl. The first kappa shape index (κ1) is 19.4. The van der Waals surface area contributed by atoms with E-state index in [1.54, 1.807) is 36.4 Å². The number of ether oxygens (including phenoxy) is 2. The first-order valence-corrected chi connectivity index (χ1v) is 8.64. The van der Waals surface area contributed by atoms with E-state index < -0.39 is 0 Å². The molecule has 0 unspecified atom stereocenters. The van der Waals surface area contributed by atoms with Crippen LogP contribution in [0.15, 0.2) is 42.6 Å². The van der Waals surface area contributed by atoms with Gasteiger partial charge in [-0.3, -0.25) is 4.79 Å². The molecule has 1 aromatic heterocycles. The molecule has 28 heavy (non-hydrogen) atoms. The molecule has 0 fully saturated rings. The highest BCUT2D eigenvalue weighted by atomic mass is 35.5. The van der Waals surface area contributed by atoms with Crippen molar-refractivity contribution < 1.29 is 14.3 Å². The smallest absolute Gasteiger partial charge is 0.249 e. The fourth-order valence-corrected chi connectivity index (χ4v) is 2.66. The number of carbonyl (C=O) groups is 1. The summed E-state index contributed by atoms with van der Waals surface area (Å²) in [4.78, 5) is 15.7. The number of methoxy groups -OCH3 is 2.